The Kier molecular flexibility index (Phi) is 7.01. The summed E-state index contributed by atoms with van der Waals surface area (Å²) in [6.07, 6.45) is 10.7. The molecule has 174 valence electrons. The molecule has 0 saturated heterocycles. The van der Waals surface area contributed by atoms with Crippen LogP contribution in [0.15, 0.2) is 66.9 Å². The second-order valence-corrected chi connectivity index (χ2v) is 10.3. The zero-order chi connectivity index (χ0) is 25.1. The molecule has 0 aliphatic carbocycles. The normalized spacial score (nSPS) is 10.6. The molecule has 35 heavy (non-hydrogen) atoms. The minimum atomic E-state index is -0.408. The van der Waals surface area contributed by atoms with Crippen molar-refractivity contribution >= 4 is 46.9 Å². The molecular weight excluding hydrogens is 447 g/mol. The molecular formula is C30H29N4P. The van der Waals surface area contributed by atoms with Crippen LogP contribution in [0.25, 0.3) is 33.1 Å². The van der Waals surface area contributed by atoms with E-state index in [0.29, 0.717) is 5.56 Å². The molecule has 0 aliphatic rings. The monoisotopic (exact) mass is 476 g/mol. The average Bonchev–Trinajstić information content (AvgIpc) is 3.21. The van der Waals surface area contributed by atoms with Gasteiger partial charge in [0.1, 0.15) is 5.69 Å². The van der Waals surface area contributed by atoms with Crippen LogP contribution in [0, 0.1) is 25.2 Å². The highest BCUT2D eigenvalue weighted by atomic mass is 31.1. The molecule has 5 heteroatoms. The Bertz CT molecular complexity index is 1620. The Balaban J connectivity index is 0.000000243. The fourth-order valence-corrected chi connectivity index (χ4v) is 4.74. The number of fused-ring (bicyclic) bond motifs is 3. The first-order chi connectivity index (χ1) is 16.8. The molecule has 0 spiro atoms. The number of aromatic nitrogens is 3. The average molecular weight is 477 g/mol. The van der Waals surface area contributed by atoms with Crippen molar-refractivity contribution in [3.63, 3.8) is 0 Å². The minimum absolute atomic E-state index is 0.408. The molecule has 5 rings (SSSR count). The maximum absolute atomic E-state index is 9.02. The van der Waals surface area contributed by atoms with Crippen LogP contribution < -0.4 is 5.30 Å². The standard InChI is InChI=1S/C21H18N4.C9H11P/c1-4-15-10-18-17(9-13(15)2)20-19(12-23-18)25(3)24-21(20)16-7-5-14(11-22)6-8-16;1-8-4-6-9(7-5-8)10(2)3/h5-10,12H,4H2,1-3H3;4-7H,2-3H2,1H3. The number of aryl methyl sites for hydroxylation is 4. The van der Waals surface area contributed by atoms with Gasteiger partial charge in [0.25, 0.3) is 0 Å². The van der Waals surface area contributed by atoms with Crippen molar-refractivity contribution in [1.82, 2.24) is 14.8 Å². The van der Waals surface area contributed by atoms with Crippen molar-refractivity contribution in [2.24, 2.45) is 7.05 Å². The van der Waals surface area contributed by atoms with Gasteiger partial charge in [-0.05, 0) is 61.0 Å². The first-order valence-corrected chi connectivity index (χ1v) is 13.3. The third-order valence-electron chi connectivity index (χ3n) is 6.21. The lowest BCUT2D eigenvalue weighted by atomic mass is 9.99. The van der Waals surface area contributed by atoms with Gasteiger partial charge in [0.05, 0.1) is 28.9 Å². The zero-order valence-electron chi connectivity index (χ0n) is 20.7. The topological polar surface area (TPSA) is 54.5 Å². The summed E-state index contributed by atoms with van der Waals surface area (Å²) < 4.78 is 1.87. The smallest absolute Gasteiger partial charge is 0.101 e. The van der Waals surface area contributed by atoms with Crippen LogP contribution in [0.4, 0.5) is 0 Å². The Morgan fingerprint density at radius 2 is 1.69 bits per heavy atom. The van der Waals surface area contributed by atoms with Crippen molar-refractivity contribution in [3.05, 3.63) is 89.1 Å². The number of rotatable bonds is 3. The molecule has 0 aliphatic heterocycles. The van der Waals surface area contributed by atoms with E-state index in [4.69, 9.17) is 10.4 Å². The molecule has 2 aromatic heterocycles. The Labute approximate surface area is 207 Å². The van der Waals surface area contributed by atoms with Crippen LogP contribution in [0.5, 0.6) is 0 Å². The first-order valence-electron chi connectivity index (χ1n) is 11.6. The molecule has 3 aromatic carbocycles. The van der Waals surface area contributed by atoms with Crippen LogP contribution in [0.2, 0.25) is 0 Å². The largest absolute Gasteiger partial charge is 0.266 e. The molecule has 5 aromatic rings. The van der Waals surface area contributed by atoms with Gasteiger partial charge in [-0.1, -0.05) is 61.5 Å². The van der Waals surface area contributed by atoms with E-state index in [0.717, 1.165) is 39.5 Å². The maximum atomic E-state index is 9.02. The lowest BCUT2D eigenvalue weighted by Gasteiger charge is -2.07. The highest BCUT2D eigenvalue weighted by Crippen LogP contribution is 2.34. The van der Waals surface area contributed by atoms with Crippen molar-refractivity contribution < 1.29 is 0 Å². The summed E-state index contributed by atoms with van der Waals surface area (Å²) in [5.74, 6) is 0. The summed E-state index contributed by atoms with van der Waals surface area (Å²) in [6, 6.07) is 22.5. The predicted octanol–water partition coefficient (Wildman–Crippen LogP) is 6.50. The number of hydrogen-bond acceptors (Lipinski definition) is 3. The second-order valence-electron chi connectivity index (χ2n) is 8.70. The lowest BCUT2D eigenvalue weighted by molar-refractivity contribution is 0.799. The molecule has 0 saturated carbocycles. The quantitative estimate of drug-likeness (QED) is 0.279. The summed E-state index contributed by atoms with van der Waals surface area (Å²) in [5, 5.41) is 17.3. The molecule has 4 nitrogen and oxygen atoms in total. The molecule has 2 heterocycles. The van der Waals surface area contributed by atoms with Crippen molar-refractivity contribution in [3.8, 4) is 17.3 Å². The van der Waals surface area contributed by atoms with Crippen LogP contribution in [-0.4, -0.2) is 27.4 Å². The first kappa shape index (κ1) is 24.2. The maximum Gasteiger partial charge on any atom is 0.101 e. The van der Waals surface area contributed by atoms with E-state index in [9.17, 15) is 0 Å². The fraction of sp³-hybridized carbons (Fsp3) is 0.167. The van der Waals surface area contributed by atoms with E-state index in [1.807, 2.05) is 42.2 Å². The molecule has 0 unspecified atom stereocenters. The summed E-state index contributed by atoms with van der Waals surface area (Å²) >= 11 is 0. The molecule has 0 N–H and O–H groups in total. The third-order valence-corrected chi connectivity index (χ3v) is 7.24. The third kappa shape index (κ3) is 4.97. The summed E-state index contributed by atoms with van der Waals surface area (Å²) in [6.45, 7) is 6.39. The van der Waals surface area contributed by atoms with Gasteiger partial charge in [-0.25, -0.2) is 0 Å². The van der Waals surface area contributed by atoms with E-state index in [1.54, 1.807) is 0 Å². The van der Waals surface area contributed by atoms with Gasteiger partial charge in [0.2, 0.25) is 0 Å². The SMILES string of the molecule is C=P(=C)c1ccc(C)cc1.CCc1cc2ncc3c(c(-c4ccc(C#N)cc4)nn3C)c2cc1C. The highest BCUT2D eigenvalue weighted by Gasteiger charge is 2.15. The summed E-state index contributed by atoms with van der Waals surface area (Å²) in [7, 11) is 1.53. The number of hydrogen-bond donors (Lipinski definition) is 0. The fourth-order valence-electron chi connectivity index (χ4n) is 4.17. The number of benzene rings is 3. The molecule has 0 amide bonds. The van der Waals surface area contributed by atoms with Gasteiger partial charge in [0, 0.05) is 23.4 Å². The predicted molar refractivity (Wildman–Crippen MR) is 152 cm³/mol. The van der Waals surface area contributed by atoms with Gasteiger partial charge >= 0.3 is 0 Å². The second kappa shape index (κ2) is 10.1. The van der Waals surface area contributed by atoms with Crippen LogP contribution in [-0.2, 0) is 13.5 Å². The summed E-state index contributed by atoms with van der Waals surface area (Å²) in [5.41, 5.74) is 8.49. The minimum Gasteiger partial charge on any atom is -0.266 e. The van der Waals surface area contributed by atoms with Crippen LogP contribution >= 0.6 is 7.17 Å². The Morgan fingerprint density at radius 1 is 1.00 bits per heavy atom. The van der Waals surface area contributed by atoms with E-state index >= 15 is 0 Å². The van der Waals surface area contributed by atoms with Gasteiger partial charge in [-0.15, -0.1) is 7.17 Å². The van der Waals surface area contributed by atoms with E-state index in [2.05, 4.69) is 80.8 Å². The highest BCUT2D eigenvalue weighted by molar-refractivity contribution is 7.61. The van der Waals surface area contributed by atoms with Crippen LogP contribution in [0.1, 0.15) is 29.2 Å². The Hall–Kier alpha value is -3.93. The molecule has 0 radical (unpaired) electrons. The number of nitrogens with zero attached hydrogens (tertiary/aromatic N) is 4. The zero-order valence-corrected chi connectivity index (χ0v) is 21.6. The van der Waals surface area contributed by atoms with Crippen LogP contribution in [0.3, 0.4) is 0 Å². The summed E-state index contributed by atoms with van der Waals surface area (Å²) in [4.78, 5) is 4.65. The lowest BCUT2D eigenvalue weighted by Crippen LogP contribution is -1.92. The number of pyridine rings is 1. The van der Waals surface area contributed by atoms with E-state index in [-0.39, 0.29) is 0 Å². The van der Waals surface area contributed by atoms with Crippen molar-refractivity contribution in [2.45, 2.75) is 27.2 Å². The van der Waals surface area contributed by atoms with Gasteiger partial charge in [0.15, 0.2) is 0 Å². The van der Waals surface area contributed by atoms with Crippen molar-refractivity contribution in [2.75, 3.05) is 0 Å². The van der Waals surface area contributed by atoms with Gasteiger partial charge in [-0.3, -0.25) is 9.67 Å². The molecule has 0 atom stereocenters. The molecule has 0 bridgehead atoms. The number of nitriles is 1. The van der Waals surface area contributed by atoms with E-state index in [1.165, 1.54) is 22.0 Å². The van der Waals surface area contributed by atoms with E-state index < -0.39 is 7.17 Å². The Morgan fingerprint density at radius 3 is 2.29 bits per heavy atom. The molecule has 0 fully saturated rings. The van der Waals surface area contributed by atoms with Gasteiger partial charge < -0.3 is 0 Å². The van der Waals surface area contributed by atoms with Crippen molar-refractivity contribution in [1.29, 1.82) is 5.26 Å². The van der Waals surface area contributed by atoms with Gasteiger partial charge in [-0.2, -0.15) is 10.4 Å².